The molecule has 0 radical (unpaired) electrons. The number of methoxy groups -OCH3 is 1. The number of urea groups is 1. The molecular weight excluding hydrogens is 366 g/mol. The molecule has 152 valence electrons. The summed E-state index contributed by atoms with van der Waals surface area (Å²) < 4.78 is 5.47. The zero-order valence-electron chi connectivity index (χ0n) is 16.8. The van der Waals surface area contributed by atoms with E-state index in [-0.39, 0.29) is 12.1 Å². The summed E-state index contributed by atoms with van der Waals surface area (Å²) in [6.45, 7) is 3.12. The topological polar surface area (TPSA) is 74.3 Å². The van der Waals surface area contributed by atoms with Crippen molar-refractivity contribution in [3.8, 4) is 0 Å². The number of ether oxygens (including phenoxy) is 1. The Morgan fingerprint density at radius 2 is 1.97 bits per heavy atom. The van der Waals surface area contributed by atoms with Crippen molar-refractivity contribution in [3.63, 3.8) is 0 Å². The highest BCUT2D eigenvalue weighted by molar-refractivity contribution is 6.05. The van der Waals surface area contributed by atoms with Gasteiger partial charge in [0.2, 0.25) is 0 Å². The summed E-state index contributed by atoms with van der Waals surface area (Å²) in [5.41, 5.74) is 3.10. The van der Waals surface area contributed by atoms with Crippen molar-refractivity contribution in [3.05, 3.63) is 36.3 Å². The first-order valence-electron chi connectivity index (χ1n) is 10.5. The number of fused-ring (bicyclic) bond motifs is 3. The number of H-pyrrole nitrogens is 1. The predicted octanol–water partition coefficient (Wildman–Crippen LogP) is 3.52. The number of aromatic amines is 1. The lowest BCUT2D eigenvalue weighted by atomic mass is 9.89. The molecule has 2 aliphatic rings. The highest BCUT2D eigenvalue weighted by Crippen LogP contribution is 2.36. The second-order valence-corrected chi connectivity index (χ2v) is 8.16. The molecule has 7 heteroatoms. The van der Waals surface area contributed by atoms with Crippen LogP contribution in [0.4, 0.5) is 4.79 Å². The number of carbonyl (C=O) groups excluding carboxylic acids is 1. The van der Waals surface area contributed by atoms with E-state index in [0.717, 1.165) is 61.9 Å². The minimum Gasteiger partial charge on any atom is -0.380 e. The Labute approximate surface area is 170 Å². The number of piperidine rings is 2. The Hall–Kier alpha value is -2.67. The molecule has 5 rings (SSSR count). The number of aromatic nitrogens is 3. The van der Waals surface area contributed by atoms with E-state index in [0.29, 0.717) is 12.5 Å². The van der Waals surface area contributed by atoms with Gasteiger partial charge in [-0.25, -0.2) is 14.8 Å². The molecule has 0 bridgehead atoms. The fraction of sp³-hybridized carbons (Fsp3) is 0.500. The summed E-state index contributed by atoms with van der Waals surface area (Å²) in [6.07, 6.45) is 9.90. The lowest BCUT2D eigenvalue weighted by Gasteiger charge is -2.38. The SMILES string of the molecule is COC1CCCN(C(=O)N2CCC(c3cnc4ncc5[nH]cccc5c34)CC2)C1. The average Bonchev–Trinajstić information content (AvgIpc) is 3.23. The molecule has 7 nitrogen and oxygen atoms in total. The fourth-order valence-electron chi connectivity index (χ4n) is 4.86. The minimum absolute atomic E-state index is 0.164. The first kappa shape index (κ1) is 18.4. The summed E-state index contributed by atoms with van der Waals surface area (Å²) in [5, 5.41) is 2.32. The van der Waals surface area contributed by atoms with Crippen molar-refractivity contribution in [2.24, 2.45) is 0 Å². The molecule has 0 spiro atoms. The largest absolute Gasteiger partial charge is 0.380 e. The number of nitrogens with zero attached hydrogens (tertiary/aromatic N) is 4. The van der Waals surface area contributed by atoms with Crippen LogP contribution in [0.3, 0.4) is 0 Å². The predicted molar refractivity (Wildman–Crippen MR) is 112 cm³/mol. The third kappa shape index (κ3) is 3.33. The Bertz CT molecular complexity index is 1020. The van der Waals surface area contributed by atoms with Gasteiger partial charge in [0.25, 0.3) is 0 Å². The fourth-order valence-corrected chi connectivity index (χ4v) is 4.86. The van der Waals surface area contributed by atoms with Crippen LogP contribution in [0.5, 0.6) is 0 Å². The van der Waals surface area contributed by atoms with E-state index in [1.165, 1.54) is 10.9 Å². The maximum absolute atomic E-state index is 13.0. The van der Waals surface area contributed by atoms with Crippen LogP contribution in [0.25, 0.3) is 21.9 Å². The van der Waals surface area contributed by atoms with Gasteiger partial charge in [-0.05, 0) is 43.2 Å². The van der Waals surface area contributed by atoms with Gasteiger partial charge in [0.05, 0.1) is 17.8 Å². The molecule has 1 atom stereocenters. The summed E-state index contributed by atoms with van der Waals surface area (Å²) in [5.74, 6) is 0.407. The van der Waals surface area contributed by atoms with E-state index in [2.05, 4.69) is 21.0 Å². The first-order chi connectivity index (χ1) is 14.2. The van der Waals surface area contributed by atoms with E-state index in [4.69, 9.17) is 4.74 Å². The number of hydrogen-bond donors (Lipinski definition) is 1. The van der Waals surface area contributed by atoms with Crippen molar-refractivity contribution >= 4 is 28.0 Å². The third-order valence-electron chi connectivity index (χ3n) is 6.50. The molecule has 3 aromatic heterocycles. The zero-order valence-corrected chi connectivity index (χ0v) is 16.8. The summed E-state index contributed by atoms with van der Waals surface area (Å²) in [4.78, 5) is 29.3. The van der Waals surface area contributed by atoms with Crippen molar-refractivity contribution in [2.75, 3.05) is 33.3 Å². The molecule has 0 saturated carbocycles. The van der Waals surface area contributed by atoms with Gasteiger partial charge in [0.15, 0.2) is 5.65 Å². The van der Waals surface area contributed by atoms with E-state index in [1.54, 1.807) is 7.11 Å². The van der Waals surface area contributed by atoms with Crippen LogP contribution < -0.4 is 0 Å². The molecule has 29 heavy (non-hydrogen) atoms. The van der Waals surface area contributed by atoms with Crippen molar-refractivity contribution in [1.82, 2.24) is 24.8 Å². The minimum atomic E-state index is 0.164. The van der Waals surface area contributed by atoms with E-state index in [9.17, 15) is 4.79 Å². The molecule has 1 N–H and O–H groups in total. The van der Waals surface area contributed by atoms with Crippen LogP contribution in [0.2, 0.25) is 0 Å². The van der Waals surface area contributed by atoms with Gasteiger partial charge in [-0.2, -0.15) is 0 Å². The number of rotatable bonds is 2. The van der Waals surface area contributed by atoms with Crippen LogP contribution in [0.15, 0.2) is 30.7 Å². The maximum atomic E-state index is 13.0. The second-order valence-electron chi connectivity index (χ2n) is 8.16. The monoisotopic (exact) mass is 393 g/mol. The first-order valence-corrected chi connectivity index (χ1v) is 10.5. The van der Waals surface area contributed by atoms with Gasteiger partial charge >= 0.3 is 6.03 Å². The van der Waals surface area contributed by atoms with Gasteiger partial charge < -0.3 is 19.5 Å². The molecule has 2 saturated heterocycles. The molecule has 5 heterocycles. The van der Waals surface area contributed by atoms with Crippen molar-refractivity contribution in [2.45, 2.75) is 37.7 Å². The normalized spacial score (nSPS) is 21.2. The molecule has 1 unspecified atom stereocenters. The Balaban J connectivity index is 1.32. The van der Waals surface area contributed by atoms with E-state index < -0.39 is 0 Å². The summed E-state index contributed by atoms with van der Waals surface area (Å²) in [6, 6.07) is 4.31. The van der Waals surface area contributed by atoms with Crippen molar-refractivity contribution in [1.29, 1.82) is 0 Å². The highest BCUT2D eigenvalue weighted by atomic mass is 16.5. The Kier molecular flexibility index (Phi) is 4.83. The van der Waals surface area contributed by atoms with Gasteiger partial charge in [0.1, 0.15) is 0 Å². The molecule has 2 aliphatic heterocycles. The molecule has 0 aliphatic carbocycles. The zero-order chi connectivity index (χ0) is 19.8. The number of carbonyl (C=O) groups is 1. The number of pyridine rings is 2. The molecular formula is C22H27N5O2. The quantitative estimate of drug-likeness (QED) is 0.723. The van der Waals surface area contributed by atoms with Crippen LogP contribution in [0.1, 0.15) is 37.2 Å². The summed E-state index contributed by atoms with van der Waals surface area (Å²) in [7, 11) is 1.73. The highest BCUT2D eigenvalue weighted by Gasteiger charge is 2.31. The lowest BCUT2D eigenvalue weighted by Crippen LogP contribution is -2.51. The van der Waals surface area contributed by atoms with Crippen molar-refractivity contribution < 1.29 is 9.53 Å². The standard InChI is InChI=1S/C22H27N5O2/c1-29-16-4-3-9-27(14-16)22(28)26-10-6-15(7-11-26)18-12-24-21-20(18)17-5-2-8-23-19(17)13-25-21/h2,5,8,12-13,15-16,23H,3-4,6-7,9-11,14H2,1H3. The Morgan fingerprint density at radius 1 is 1.14 bits per heavy atom. The summed E-state index contributed by atoms with van der Waals surface area (Å²) >= 11 is 0. The third-order valence-corrected chi connectivity index (χ3v) is 6.50. The number of nitrogens with one attached hydrogen (secondary N) is 1. The van der Waals surface area contributed by atoms with Gasteiger partial charge in [-0.15, -0.1) is 0 Å². The molecule has 2 amide bonds. The molecule has 3 aromatic rings. The Morgan fingerprint density at radius 3 is 2.79 bits per heavy atom. The van der Waals surface area contributed by atoms with E-state index >= 15 is 0 Å². The van der Waals surface area contributed by atoms with Gasteiger partial charge in [0, 0.05) is 56.5 Å². The van der Waals surface area contributed by atoms with Crippen LogP contribution in [-0.2, 0) is 4.74 Å². The number of likely N-dealkylation sites (tertiary alicyclic amines) is 2. The van der Waals surface area contributed by atoms with Gasteiger partial charge in [-0.1, -0.05) is 6.07 Å². The van der Waals surface area contributed by atoms with Crippen LogP contribution >= 0.6 is 0 Å². The average molecular weight is 393 g/mol. The van der Waals surface area contributed by atoms with Crippen LogP contribution in [-0.4, -0.2) is 70.2 Å². The number of hydrogen-bond acceptors (Lipinski definition) is 4. The maximum Gasteiger partial charge on any atom is 0.320 e. The second kappa shape index (κ2) is 7.63. The van der Waals surface area contributed by atoms with E-state index in [1.807, 2.05) is 34.5 Å². The van der Waals surface area contributed by atoms with Gasteiger partial charge in [-0.3, -0.25) is 0 Å². The molecule has 2 fully saturated rings. The van der Waals surface area contributed by atoms with Crippen LogP contribution in [0, 0.1) is 0 Å². The molecule has 0 aromatic carbocycles. The smallest absolute Gasteiger partial charge is 0.320 e. The lowest BCUT2D eigenvalue weighted by molar-refractivity contribution is 0.0348. The number of amides is 2.